The molecule has 0 amide bonds. The molecule has 0 spiro atoms. The van der Waals surface area contributed by atoms with Crippen LogP contribution in [0, 0.1) is 35.1 Å². The molecule has 0 unspecified atom stereocenters. The lowest BCUT2D eigenvalue weighted by molar-refractivity contribution is -0.0696. The zero-order valence-corrected chi connectivity index (χ0v) is 16.9. The van der Waals surface area contributed by atoms with Gasteiger partial charge in [-0.15, -0.1) is 0 Å². The monoisotopic (exact) mass is 450 g/mol. The molecule has 0 saturated carbocycles. The number of halogens is 7. The normalized spacial score (nSPS) is 11.2. The molecule has 3 aromatic rings. The lowest BCUT2D eigenvalue weighted by Crippen LogP contribution is -2.02. The SMILES string of the molecule is CCCCc1ccc(-c2ccc(-c3cc(F)c(C#CC(F)(F)F)c(F)c3)c(F)c2)c(F)c1. The predicted molar refractivity (Wildman–Crippen MR) is 109 cm³/mol. The van der Waals surface area contributed by atoms with E-state index in [1.165, 1.54) is 24.1 Å². The molecular weight excluding hydrogens is 433 g/mol. The van der Waals surface area contributed by atoms with Crippen molar-refractivity contribution in [2.45, 2.75) is 32.4 Å². The van der Waals surface area contributed by atoms with Gasteiger partial charge in [-0.3, -0.25) is 0 Å². The molecule has 0 nitrogen and oxygen atoms in total. The van der Waals surface area contributed by atoms with Crippen LogP contribution in [-0.4, -0.2) is 6.18 Å². The van der Waals surface area contributed by atoms with Gasteiger partial charge in [0.1, 0.15) is 23.3 Å². The Bertz CT molecular complexity index is 1170. The van der Waals surface area contributed by atoms with E-state index in [4.69, 9.17) is 0 Å². The first-order valence-electron chi connectivity index (χ1n) is 9.76. The third kappa shape index (κ3) is 5.50. The predicted octanol–water partition coefficient (Wildman–Crippen LogP) is 7.83. The van der Waals surface area contributed by atoms with E-state index in [0.717, 1.165) is 36.8 Å². The lowest BCUT2D eigenvalue weighted by atomic mass is 9.97. The van der Waals surface area contributed by atoms with Crippen LogP contribution in [0.2, 0.25) is 0 Å². The second-order valence-electron chi connectivity index (χ2n) is 7.18. The third-order valence-corrected chi connectivity index (χ3v) is 4.81. The van der Waals surface area contributed by atoms with Gasteiger partial charge in [0.15, 0.2) is 0 Å². The first-order chi connectivity index (χ1) is 15.1. The van der Waals surface area contributed by atoms with E-state index in [-0.39, 0.29) is 22.3 Å². The van der Waals surface area contributed by atoms with Crippen molar-refractivity contribution in [2.75, 3.05) is 0 Å². The Morgan fingerprint density at radius 2 is 1.28 bits per heavy atom. The second kappa shape index (κ2) is 9.47. The maximum atomic E-state index is 14.7. The van der Waals surface area contributed by atoms with Crippen molar-refractivity contribution in [3.63, 3.8) is 0 Å². The molecule has 32 heavy (non-hydrogen) atoms. The molecule has 166 valence electrons. The molecule has 0 saturated heterocycles. The Hall–Kier alpha value is -3.27. The van der Waals surface area contributed by atoms with Crippen molar-refractivity contribution in [2.24, 2.45) is 0 Å². The first-order valence-corrected chi connectivity index (χ1v) is 9.76. The third-order valence-electron chi connectivity index (χ3n) is 4.81. The molecule has 0 aliphatic heterocycles. The van der Waals surface area contributed by atoms with Gasteiger partial charge in [0.25, 0.3) is 0 Å². The highest BCUT2D eigenvalue weighted by molar-refractivity contribution is 5.72. The van der Waals surface area contributed by atoms with Crippen LogP contribution >= 0.6 is 0 Å². The van der Waals surface area contributed by atoms with Crippen LogP contribution in [0.4, 0.5) is 30.7 Å². The van der Waals surface area contributed by atoms with Gasteiger partial charge < -0.3 is 0 Å². The minimum atomic E-state index is -4.91. The van der Waals surface area contributed by atoms with E-state index in [2.05, 4.69) is 0 Å². The van der Waals surface area contributed by atoms with Gasteiger partial charge in [-0.2, -0.15) is 13.2 Å². The lowest BCUT2D eigenvalue weighted by Gasteiger charge is -2.10. The topological polar surface area (TPSA) is 0 Å². The summed E-state index contributed by atoms with van der Waals surface area (Å²) in [5, 5.41) is 0. The average molecular weight is 450 g/mol. The second-order valence-corrected chi connectivity index (χ2v) is 7.18. The first kappa shape index (κ1) is 23.4. The highest BCUT2D eigenvalue weighted by atomic mass is 19.4. The Morgan fingerprint density at radius 1 is 0.719 bits per heavy atom. The molecule has 3 rings (SSSR count). The highest BCUT2D eigenvalue weighted by Gasteiger charge is 2.24. The van der Waals surface area contributed by atoms with Crippen molar-refractivity contribution in [3.05, 3.63) is 82.9 Å². The Morgan fingerprint density at radius 3 is 1.84 bits per heavy atom. The van der Waals surface area contributed by atoms with Gasteiger partial charge >= 0.3 is 6.18 Å². The molecule has 0 fully saturated rings. The van der Waals surface area contributed by atoms with Crippen LogP contribution in [0.25, 0.3) is 22.3 Å². The van der Waals surface area contributed by atoms with E-state index >= 15 is 0 Å². The fourth-order valence-corrected chi connectivity index (χ4v) is 3.23. The maximum absolute atomic E-state index is 14.7. The molecule has 0 aliphatic carbocycles. The van der Waals surface area contributed by atoms with Crippen LogP contribution in [-0.2, 0) is 6.42 Å². The van der Waals surface area contributed by atoms with Crippen molar-refractivity contribution in [1.82, 2.24) is 0 Å². The molecule has 0 radical (unpaired) electrons. The summed E-state index contributed by atoms with van der Waals surface area (Å²) in [7, 11) is 0. The molecule has 0 bridgehead atoms. The fourth-order valence-electron chi connectivity index (χ4n) is 3.23. The summed E-state index contributed by atoms with van der Waals surface area (Å²) in [5.41, 5.74) is -0.248. The Labute approximate surface area is 180 Å². The fraction of sp³-hybridized carbons (Fsp3) is 0.200. The van der Waals surface area contributed by atoms with Crippen LogP contribution in [0.3, 0.4) is 0 Å². The maximum Gasteiger partial charge on any atom is 0.458 e. The van der Waals surface area contributed by atoms with E-state index in [1.54, 1.807) is 12.1 Å². The van der Waals surface area contributed by atoms with Crippen LogP contribution in [0.5, 0.6) is 0 Å². The standard InChI is InChI=1S/C25H17F7/c1-2-3-4-15-5-7-18(21(26)11-15)16-6-8-19(22(27)12-16)17-13-23(28)20(24(29)14-17)9-10-25(30,31)32/h5-8,11-14H,2-4H2,1H3. The molecule has 0 heterocycles. The summed E-state index contributed by atoms with van der Waals surface area (Å²) in [4.78, 5) is 0. The zero-order valence-electron chi connectivity index (χ0n) is 16.9. The number of aryl methyl sites for hydroxylation is 1. The summed E-state index contributed by atoms with van der Waals surface area (Å²) in [6.07, 6.45) is -2.31. The summed E-state index contributed by atoms with van der Waals surface area (Å²) < 4.78 is 94.1. The van der Waals surface area contributed by atoms with E-state index in [9.17, 15) is 30.7 Å². The number of unbranched alkanes of at least 4 members (excludes halogenated alkanes) is 1. The van der Waals surface area contributed by atoms with Gasteiger partial charge in [0.2, 0.25) is 0 Å². The van der Waals surface area contributed by atoms with Crippen molar-refractivity contribution < 1.29 is 30.7 Å². The van der Waals surface area contributed by atoms with E-state index < -0.39 is 35.0 Å². The summed E-state index contributed by atoms with van der Waals surface area (Å²) >= 11 is 0. The van der Waals surface area contributed by atoms with Crippen molar-refractivity contribution in [1.29, 1.82) is 0 Å². The average Bonchev–Trinajstić information content (AvgIpc) is 2.70. The van der Waals surface area contributed by atoms with Gasteiger partial charge in [0, 0.05) is 17.0 Å². The van der Waals surface area contributed by atoms with Crippen molar-refractivity contribution >= 4 is 0 Å². The van der Waals surface area contributed by atoms with Crippen LogP contribution < -0.4 is 0 Å². The number of hydrogen-bond acceptors (Lipinski definition) is 0. The minimum absolute atomic E-state index is 0.172. The highest BCUT2D eigenvalue weighted by Crippen LogP contribution is 2.31. The minimum Gasteiger partial charge on any atom is -0.206 e. The molecule has 0 aliphatic rings. The zero-order chi connectivity index (χ0) is 23.5. The van der Waals surface area contributed by atoms with Gasteiger partial charge in [0.05, 0.1) is 5.56 Å². The number of rotatable bonds is 5. The van der Waals surface area contributed by atoms with Crippen LogP contribution in [0.15, 0.2) is 48.5 Å². The summed E-state index contributed by atoms with van der Waals surface area (Å²) in [6.45, 7) is 2.02. The van der Waals surface area contributed by atoms with E-state index in [0.29, 0.717) is 12.1 Å². The van der Waals surface area contributed by atoms with Crippen molar-refractivity contribution in [3.8, 4) is 34.1 Å². The number of alkyl halides is 3. The van der Waals surface area contributed by atoms with Gasteiger partial charge in [-0.1, -0.05) is 43.5 Å². The van der Waals surface area contributed by atoms with Gasteiger partial charge in [-0.25, -0.2) is 17.6 Å². The molecular formula is C25H17F7. The number of benzene rings is 3. The Kier molecular flexibility index (Phi) is 6.93. The Balaban J connectivity index is 1.94. The van der Waals surface area contributed by atoms with Crippen LogP contribution in [0.1, 0.15) is 30.9 Å². The molecule has 0 N–H and O–H groups in total. The molecule has 0 aromatic heterocycles. The number of hydrogen-bond donors (Lipinski definition) is 0. The largest absolute Gasteiger partial charge is 0.458 e. The molecule has 7 heteroatoms. The smallest absolute Gasteiger partial charge is 0.206 e. The van der Waals surface area contributed by atoms with E-state index in [1.807, 2.05) is 6.92 Å². The quantitative estimate of drug-likeness (QED) is 0.274. The summed E-state index contributed by atoms with van der Waals surface area (Å²) in [6, 6.07) is 9.75. The van der Waals surface area contributed by atoms with Gasteiger partial charge in [-0.05, 0) is 53.8 Å². The molecule has 3 aromatic carbocycles. The summed E-state index contributed by atoms with van der Waals surface area (Å²) in [5.74, 6) is -1.89. The molecule has 0 atom stereocenters.